The van der Waals surface area contributed by atoms with Gasteiger partial charge in [0.25, 0.3) is 10.0 Å². The summed E-state index contributed by atoms with van der Waals surface area (Å²) in [5.41, 5.74) is 0. The minimum absolute atomic E-state index is 0.814. The van der Waals surface area contributed by atoms with Crippen molar-refractivity contribution in [2.45, 2.75) is 0 Å². The van der Waals surface area contributed by atoms with Crippen LogP contribution in [0.3, 0.4) is 0 Å². The topological polar surface area (TPSA) is 70.2 Å². The van der Waals surface area contributed by atoms with Crippen LogP contribution in [0.2, 0.25) is 0 Å². The van der Waals surface area contributed by atoms with Gasteiger partial charge >= 0.3 is 0 Å². The van der Waals surface area contributed by atoms with Gasteiger partial charge in [-0.15, -0.1) is 0 Å². The molecule has 0 aromatic carbocycles. The Hall–Kier alpha value is -0.850. The van der Waals surface area contributed by atoms with Gasteiger partial charge in [0.2, 0.25) is 0 Å². The van der Waals surface area contributed by atoms with Gasteiger partial charge in [0, 0.05) is 37.8 Å². The van der Waals surface area contributed by atoms with Crippen LogP contribution in [0.4, 0.5) is 0 Å². The van der Waals surface area contributed by atoms with Crippen LogP contribution < -0.4 is 15.4 Å². The van der Waals surface area contributed by atoms with E-state index in [1.165, 1.54) is 0 Å². The molecule has 6 heteroatoms. The molecule has 1 heterocycles. The van der Waals surface area contributed by atoms with E-state index in [4.69, 9.17) is 0 Å². The van der Waals surface area contributed by atoms with Gasteiger partial charge in [-0.2, -0.15) is 0 Å². The van der Waals surface area contributed by atoms with Crippen molar-refractivity contribution in [2.75, 3.05) is 26.2 Å². The third kappa shape index (κ3) is 7.78. The third-order valence-corrected chi connectivity index (χ3v) is 2.36. The van der Waals surface area contributed by atoms with E-state index in [2.05, 4.69) is 23.8 Å². The Balaban J connectivity index is 0.000000249. The van der Waals surface area contributed by atoms with Crippen molar-refractivity contribution in [3.8, 4) is 0 Å². The fourth-order valence-electron chi connectivity index (χ4n) is 0.768. The van der Waals surface area contributed by atoms with E-state index < -0.39 is 10.0 Å². The second-order valence-corrected chi connectivity index (χ2v) is 4.19. The first kappa shape index (κ1) is 13.2. The predicted molar refractivity (Wildman–Crippen MR) is 58.2 cm³/mol. The van der Waals surface area contributed by atoms with E-state index in [1.54, 1.807) is 0 Å². The zero-order valence-corrected chi connectivity index (χ0v) is 8.94. The zero-order chi connectivity index (χ0) is 10.9. The van der Waals surface area contributed by atoms with Gasteiger partial charge in [0.15, 0.2) is 0 Å². The van der Waals surface area contributed by atoms with Gasteiger partial charge < -0.3 is 10.6 Å². The monoisotopic (exact) mass is 219 g/mol. The molecule has 0 saturated carbocycles. The summed E-state index contributed by atoms with van der Waals surface area (Å²) in [6.45, 7) is 10.8. The summed E-state index contributed by atoms with van der Waals surface area (Å²) in [7, 11) is -3.27. The van der Waals surface area contributed by atoms with E-state index in [9.17, 15) is 8.42 Å². The summed E-state index contributed by atoms with van der Waals surface area (Å²) in [6, 6.07) is 0. The number of hydrogen-bond donors (Lipinski definition) is 3. The molecule has 14 heavy (non-hydrogen) atoms. The lowest BCUT2D eigenvalue weighted by Gasteiger charge is -2.11. The van der Waals surface area contributed by atoms with Crippen molar-refractivity contribution in [1.82, 2.24) is 15.4 Å². The fraction of sp³-hybridized carbons (Fsp3) is 0.500. The van der Waals surface area contributed by atoms with Crippen LogP contribution >= 0.6 is 0 Å². The maximum atomic E-state index is 10.3. The SMILES string of the molecule is C1CNCCN1.C=CNS(=O)(=O)C=C. The molecule has 82 valence electrons. The van der Waals surface area contributed by atoms with Crippen LogP contribution in [-0.4, -0.2) is 34.6 Å². The molecule has 0 amide bonds. The summed E-state index contributed by atoms with van der Waals surface area (Å²) in [4.78, 5) is 0. The first-order valence-corrected chi connectivity index (χ1v) is 5.84. The van der Waals surface area contributed by atoms with Gasteiger partial charge in [0.1, 0.15) is 0 Å². The van der Waals surface area contributed by atoms with Crippen molar-refractivity contribution in [3.63, 3.8) is 0 Å². The smallest absolute Gasteiger partial charge is 0.253 e. The average Bonchev–Trinajstić information content (AvgIpc) is 2.21. The molecular formula is C8H17N3O2S. The summed E-state index contributed by atoms with van der Waals surface area (Å²) < 4.78 is 22.6. The first-order chi connectivity index (χ1) is 6.62. The Labute approximate surface area is 85.3 Å². The van der Waals surface area contributed by atoms with Crippen molar-refractivity contribution in [1.29, 1.82) is 0 Å². The molecule has 1 fully saturated rings. The van der Waals surface area contributed by atoms with E-state index in [0.717, 1.165) is 37.8 Å². The van der Waals surface area contributed by atoms with Crippen molar-refractivity contribution < 1.29 is 8.42 Å². The minimum atomic E-state index is -3.27. The van der Waals surface area contributed by atoms with Crippen LogP contribution in [0.1, 0.15) is 0 Å². The Morgan fingerprint density at radius 2 is 1.50 bits per heavy atom. The Morgan fingerprint density at radius 1 is 1.07 bits per heavy atom. The Morgan fingerprint density at radius 3 is 1.64 bits per heavy atom. The van der Waals surface area contributed by atoms with E-state index in [1.807, 2.05) is 4.72 Å². The normalized spacial score (nSPS) is 16.0. The molecule has 3 N–H and O–H groups in total. The lowest BCUT2D eigenvalue weighted by molar-refractivity contribution is 0.534. The Bertz CT molecular complexity index is 246. The standard InChI is InChI=1S/C4H10N2.C4H7NO2S/c1-2-6-4-3-5-1;1-3-5-8(6,7)4-2/h5-6H,1-4H2;3-5H,1-2H2. The highest BCUT2D eigenvalue weighted by molar-refractivity contribution is 7.92. The van der Waals surface area contributed by atoms with Gasteiger partial charge in [-0.1, -0.05) is 13.2 Å². The third-order valence-electron chi connectivity index (χ3n) is 1.42. The summed E-state index contributed by atoms with van der Waals surface area (Å²) >= 11 is 0. The quantitative estimate of drug-likeness (QED) is 0.591. The lowest BCUT2D eigenvalue weighted by atomic mass is 10.4. The summed E-state index contributed by atoms with van der Waals surface area (Å²) in [5.74, 6) is 0. The summed E-state index contributed by atoms with van der Waals surface area (Å²) in [5, 5.41) is 7.26. The number of sulfonamides is 1. The predicted octanol–water partition coefficient (Wildman–Crippen LogP) is -0.628. The molecular weight excluding hydrogens is 202 g/mol. The number of nitrogens with one attached hydrogen (secondary N) is 3. The highest BCUT2D eigenvalue weighted by Crippen LogP contribution is 1.79. The van der Waals surface area contributed by atoms with Crippen LogP contribution in [0, 0.1) is 0 Å². The van der Waals surface area contributed by atoms with Gasteiger partial charge in [-0.25, -0.2) is 8.42 Å². The maximum Gasteiger partial charge on any atom is 0.253 e. The molecule has 1 aliphatic rings. The van der Waals surface area contributed by atoms with E-state index >= 15 is 0 Å². The molecule has 0 atom stereocenters. The van der Waals surface area contributed by atoms with Gasteiger partial charge in [0.05, 0.1) is 0 Å². The highest BCUT2D eigenvalue weighted by Gasteiger charge is 1.94. The number of hydrogen-bond acceptors (Lipinski definition) is 4. The molecule has 0 aromatic heterocycles. The molecule has 0 radical (unpaired) electrons. The fourth-order valence-corrected chi connectivity index (χ4v) is 1.10. The van der Waals surface area contributed by atoms with Gasteiger partial charge in [-0.3, -0.25) is 4.72 Å². The second kappa shape index (κ2) is 7.54. The maximum absolute atomic E-state index is 10.3. The summed E-state index contributed by atoms with van der Waals surface area (Å²) in [6.07, 6.45) is 1.08. The van der Waals surface area contributed by atoms with Crippen molar-refractivity contribution in [3.05, 3.63) is 24.8 Å². The molecule has 0 aromatic rings. The Kier molecular flexibility index (Phi) is 7.09. The molecule has 1 rings (SSSR count). The molecule has 0 bridgehead atoms. The van der Waals surface area contributed by atoms with Crippen LogP contribution in [0.15, 0.2) is 24.8 Å². The molecule has 1 saturated heterocycles. The van der Waals surface area contributed by atoms with E-state index in [0.29, 0.717) is 0 Å². The number of rotatable bonds is 3. The van der Waals surface area contributed by atoms with Crippen LogP contribution in [0.5, 0.6) is 0 Å². The number of piperazine rings is 1. The molecule has 0 aliphatic carbocycles. The molecule has 5 nitrogen and oxygen atoms in total. The molecule has 0 unspecified atom stereocenters. The molecule has 1 aliphatic heterocycles. The first-order valence-electron chi connectivity index (χ1n) is 4.29. The highest BCUT2D eigenvalue weighted by atomic mass is 32.2. The van der Waals surface area contributed by atoms with E-state index in [-0.39, 0.29) is 0 Å². The second-order valence-electron chi connectivity index (χ2n) is 2.53. The van der Waals surface area contributed by atoms with Gasteiger partial charge in [-0.05, 0) is 0 Å². The molecule has 0 spiro atoms. The minimum Gasteiger partial charge on any atom is -0.314 e. The lowest BCUT2D eigenvalue weighted by Crippen LogP contribution is -2.39. The van der Waals surface area contributed by atoms with Crippen molar-refractivity contribution >= 4 is 10.0 Å². The van der Waals surface area contributed by atoms with Crippen LogP contribution in [-0.2, 0) is 10.0 Å². The van der Waals surface area contributed by atoms with Crippen molar-refractivity contribution in [2.24, 2.45) is 0 Å². The largest absolute Gasteiger partial charge is 0.314 e. The zero-order valence-electron chi connectivity index (χ0n) is 8.12. The van der Waals surface area contributed by atoms with Crippen LogP contribution in [0.25, 0.3) is 0 Å². The average molecular weight is 219 g/mol.